The van der Waals surface area contributed by atoms with Crippen LogP contribution in [0.25, 0.3) is 0 Å². The molecule has 1 aromatic carbocycles. The van der Waals surface area contributed by atoms with Gasteiger partial charge in [-0.1, -0.05) is 38.5 Å². The van der Waals surface area contributed by atoms with E-state index in [9.17, 15) is 4.79 Å². The van der Waals surface area contributed by atoms with Crippen molar-refractivity contribution in [3.63, 3.8) is 0 Å². The number of carbonyl (C=O) groups is 1. The maximum atomic E-state index is 10.2. The zero-order valence-electron chi connectivity index (χ0n) is 7.45. The van der Waals surface area contributed by atoms with Crippen molar-refractivity contribution in [3.8, 4) is 0 Å². The number of carboxylic acids is 1. The Kier molecular flexibility index (Phi) is 5.70. The van der Waals surface area contributed by atoms with E-state index in [1.54, 1.807) is 30.3 Å². The Labute approximate surface area is 72.9 Å². The van der Waals surface area contributed by atoms with Gasteiger partial charge in [0.15, 0.2) is 0 Å². The molecule has 0 bridgehead atoms. The van der Waals surface area contributed by atoms with Crippen LogP contribution in [0.15, 0.2) is 30.3 Å². The first-order valence-corrected chi connectivity index (χ1v) is 4.00. The third-order valence-electron chi connectivity index (χ3n) is 1.02. The molecule has 1 N–H and O–H groups in total. The lowest BCUT2D eigenvalue weighted by molar-refractivity contribution is 0.0697. The molecule has 0 aliphatic carbocycles. The first-order valence-electron chi connectivity index (χ1n) is 4.00. The maximum Gasteiger partial charge on any atom is 0.335 e. The highest BCUT2D eigenvalue weighted by Gasteiger charge is 1.96. The van der Waals surface area contributed by atoms with Crippen molar-refractivity contribution in [1.82, 2.24) is 0 Å². The van der Waals surface area contributed by atoms with Crippen LogP contribution in [0.5, 0.6) is 0 Å². The average Bonchev–Trinajstić information content (AvgIpc) is 2.07. The molecule has 0 saturated carbocycles. The molecule has 0 heterocycles. The lowest BCUT2D eigenvalue weighted by Crippen LogP contribution is -1.93. The van der Waals surface area contributed by atoms with Crippen LogP contribution in [0.2, 0.25) is 0 Å². The van der Waals surface area contributed by atoms with Gasteiger partial charge < -0.3 is 5.11 Å². The second-order valence-electron chi connectivity index (χ2n) is 2.38. The van der Waals surface area contributed by atoms with Crippen LogP contribution < -0.4 is 0 Å². The molecular formula is C10H14O2. The number of rotatable bonds is 1. The summed E-state index contributed by atoms with van der Waals surface area (Å²) in [6.07, 6.45) is 1.25. The van der Waals surface area contributed by atoms with Gasteiger partial charge in [0.2, 0.25) is 0 Å². The largest absolute Gasteiger partial charge is 0.478 e. The second-order valence-corrected chi connectivity index (χ2v) is 2.38. The molecule has 0 aromatic heterocycles. The van der Waals surface area contributed by atoms with Crippen molar-refractivity contribution in [2.24, 2.45) is 0 Å². The zero-order valence-corrected chi connectivity index (χ0v) is 7.45. The van der Waals surface area contributed by atoms with Crippen LogP contribution in [0.4, 0.5) is 0 Å². The van der Waals surface area contributed by atoms with Gasteiger partial charge >= 0.3 is 5.97 Å². The highest BCUT2D eigenvalue weighted by Crippen LogP contribution is 1.96. The van der Waals surface area contributed by atoms with Crippen molar-refractivity contribution in [2.75, 3.05) is 0 Å². The number of benzene rings is 1. The summed E-state index contributed by atoms with van der Waals surface area (Å²) in [5.74, 6) is -0.879. The first kappa shape index (κ1) is 10.7. The fourth-order valence-electron chi connectivity index (χ4n) is 0.581. The molecule has 0 aliphatic heterocycles. The smallest absolute Gasteiger partial charge is 0.335 e. The normalized spacial score (nSPS) is 8.17. The van der Waals surface area contributed by atoms with Gasteiger partial charge in [-0.05, 0) is 12.1 Å². The van der Waals surface area contributed by atoms with Crippen LogP contribution in [0.1, 0.15) is 30.6 Å². The summed E-state index contributed by atoms with van der Waals surface area (Å²) in [6, 6.07) is 8.30. The molecule has 0 amide bonds. The molecule has 1 rings (SSSR count). The molecule has 0 atom stereocenters. The number of carboxylic acid groups (broad SMARTS) is 1. The van der Waals surface area contributed by atoms with E-state index >= 15 is 0 Å². The maximum absolute atomic E-state index is 10.2. The van der Waals surface area contributed by atoms with Crippen molar-refractivity contribution >= 4 is 5.97 Å². The van der Waals surface area contributed by atoms with Crippen LogP contribution in [-0.2, 0) is 0 Å². The summed E-state index contributed by atoms with van der Waals surface area (Å²) in [7, 11) is 0. The van der Waals surface area contributed by atoms with E-state index in [2.05, 4.69) is 13.8 Å². The fraction of sp³-hybridized carbons (Fsp3) is 0.300. The highest BCUT2D eigenvalue weighted by atomic mass is 16.4. The summed E-state index contributed by atoms with van der Waals surface area (Å²) < 4.78 is 0. The van der Waals surface area contributed by atoms with Gasteiger partial charge in [0.1, 0.15) is 0 Å². The number of hydrogen-bond donors (Lipinski definition) is 1. The van der Waals surface area contributed by atoms with Crippen LogP contribution in [0.3, 0.4) is 0 Å². The first-order chi connectivity index (χ1) is 5.72. The Morgan fingerprint density at radius 3 is 1.92 bits per heavy atom. The summed E-state index contributed by atoms with van der Waals surface area (Å²) in [6.45, 7) is 4.25. The van der Waals surface area contributed by atoms with Gasteiger partial charge in [-0.15, -0.1) is 0 Å². The molecule has 1 aromatic rings. The average molecular weight is 166 g/mol. The SMILES string of the molecule is CCC.O=C(O)c1ccccc1. The molecule has 2 heteroatoms. The third kappa shape index (κ3) is 4.50. The Bertz CT molecular complexity index is 217. The highest BCUT2D eigenvalue weighted by molar-refractivity contribution is 5.87. The van der Waals surface area contributed by atoms with Gasteiger partial charge in [-0.25, -0.2) is 4.79 Å². The standard InChI is InChI=1S/C7H6O2.C3H8/c8-7(9)6-4-2-1-3-5-6;1-3-2/h1-5H,(H,8,9);3H2,1-2H3. The minimum atomic E-state index is -0.879. The minimum Gasteiger partial charge on any atom is -0.478 e. The Morgan fingerprint density at radius 1 is 1.25 bits per heavy atom. The van der Waals surface area contributed by atoms with Gasteiger partial charge in [0.05, 0.1) is 5.56 Å². The van der Waals surface area contributed by atoms with Crippen molar-refractivity contribution in [2.45, 2.75) is 20.3 Å². The van der Waals surface area contributed by atoms with Gasteiger partial charge in [-0.2, -0.15) is 0 Å². The third-order valence-corrected chi connectivity index (χ3v) is 1.02. The monoisotopic (exact) mass is 166 g/mol. The minimum absolute atomic E-state index is 0.331. The van der Waals surface area contributed by atoms with Gasteiger partial charge in [-0.3, -0.25) is 0 Å². The lowest BCUT2D eigenvalue weighted by atomic mass is 10.2. The van der Waals surface area contributed by atoms with E-state index in [-0.39, 0.29) is 0 Å². The van der Waals surface area contributed by atoms with E-state index in [0.717, 1.165) is 0 Å². The molecular weight excluding hydrogens is 152 g/mol. The van der Waals surface area contributed by atoms with E-state index in [4.69, 9.17) is 5.11 Å². The second kappa shape index (κ2) is 6.40. The molecule has 0 fully saturated rings. The molecule has 2 nitrogen and oxygen atoms in total. The topological polar surface area (TPSA) is 37.3 Å². The molecule has 66 valence electrons. The molecule has 12 heavy (non-hydrogen) atoms. The van der Waals surface area contributed by atoms with Crippen LogP contribution in [-0.4, -0.2) is 11.1 Å². The zero-order chi connectivity index (χ0) is 9.40. The summed E-state index contributed by atoms with van der Waals surface area (Å²) in [5, 5.41) is 8.38. The van der Waals surface area contributed by atoms with Crippen molar-refractivity contribution < 1.29 is 9.90 Å². The Balaban J connectivity index is 0.000000354. The Morgan fingerprint density at radius 2 is 1.67 bits per heavy atom. The van der Waals surface area contributed by atoms with Crippen molar-refractivity contribution in [1.29, 1.82) is 0 Å². The van der Waals surface area contributed by atoms with Crippen LogP contribution in [0, 0.1) is 0 Å². The van der Waals surface area contributed by atoms with Crippen LogP contribution >= 0.6 is 0 Å². The van der Waals surface area contributed by atoms with Gasteiger partial charge in [0, 0.05) is 0 Å². The Hall–Kier alpha value is -1.31. The molecule has 0 aliphatic rings. The fourth-order valence-corrected chi connectivity index (χ4v) is 0.581. The molecule has 0 spiro atoms. The summed E-state index contributed by atoms with van der Waals surface area (Å²) >= 11 is 0. The number of aromatic carboxylic acids is 1. The predicted octanol–water partition coefficient (Wildman–Crippen LogP) is 2.80. The predicted molar refractivity (Wildman–Crippen MR) is 49.4 cm³/mol. The van der Waals surface area contributed by atoms with E-state index in [1.807, 2.05) is 0 Å². The molecule has 0 unspecified atom stereocenters. The quantitative estimate of drug-likeness (QED) is 0.696. The molecule has 0 radical (unpaired) electrons. The lowest BCUT2D eigenvalue weighted by Gasteiger charge is -1.88. The van der Waals surface area contributed by atoms with Gasteiger partial charge in [0.25, 0.3) is 0 Å². The number of hydrogen-bond acceptors (Lipinski definition) is 1. The summed E-state index contributed by atoms with van der Waals surface area (Å²) in [5.41, 5.74) is 0.331. The van der Waals surface area contributed by atoms with E-state index in [0.29, 0.717) is 5.56 Å². The summed E-state index contributed by atoms with van der Waals surface area (Å²) in [4.78, 5) is 10.2. The van der Waals surface area contributed by atoms with E-state index in [1.165, 1.54) is 6.42 Å². The van der Waals surface area contributed by atoms with Crippen molar-refractivity contribution in [3.05, 3.63) is 35.9 Å². The molecule has 0 saturated heterocycles. The van der Waals surface area contributed by atoms with E-state index < -0.39 is 5.97 Å².